The highest BCUT2D eigenvalue weighted by molar-refractivity contribution is 5.87. The summed E-state index contributed by atoms with van der Waals surface area (Å²) in [4.78, 5) is 11.4. The number of unbranched alkanes of at least 4 members (excludes halogenated alkanes) is 1. The van der Waals surface area contributed by atoms with Crippen molar-refractivity contribution in [3.63, 3.8) is 0 Å². The smallest absolute Gasteiger partial charge is 0.330 e. The lowest BCUT2D eigenvalue weighted by atomic mass is 10.1. The number of carbonyl (C=O) groups excluding carboxylic acids is 1. The lowest BCUT2D eigenvalue weighted by molar-refractivity contribution is -0.137. The van der Waals surface area contributed by atoms with Gasteiger partial charge < -0.3 is 4.74 Å². The quantitative estimate of drug-likeness (QED) is 0.327. The summed E-state index contributed by atoms with van der Waals surface area (Å²) in [5.74, 6) is -0.279. The zero-order valence-electron chi connectivity index (χ0n) is 11.1. The summed E-state index contributed by atoms with van der Waals surface area (Å²) in [6, 6.07) is 9.96. The summed E-state index contributed by atoms with van der Waals surface area (Å²) >= 11 is 0. The van der Waals surface area contributed by atoms with E-state index in [-0.39, 0.29) is 5.97 Å². The third kappa shape index (κ3) is 5.00. The maximum Gasteiger partial charge on any atom is 0.330 e. The summed E-state index contributed by atoms with van der Waals surface area (Å²) in [6.45, 7) is 4.52. The predicted octanol–water partition coefficient (Wildman–Crippen LogP) is 3.99. The van der Waals surface area contributed by atoms with Crippen LogP contribution in [0.1, 0.15) is 32.3 Å². The molecule has 0 aliphatic rings. The van der Waals surface area contributed by atoms with Gasteiger partial charge >= 0.3 is 5.97 Å². The summed E-state index contributed by atoms with van der Waals surface area (Å²) < 4.78 is 5.06. The van der Waals surface area contributed by atoms with Crippen LogP contribution < -0.4 is 0 Å². The standard InChI is InChI=1S/C16H20O2/c1-3-5-13-18-16(17)12-11-14(4-2)15-9-7-6-8-10-15/h4,6-12H,3,5,13H2,1-2H3/b12-11+,14-4-. The Kier molecular flexibility index (Phi) is 6.55. The van der Waals surface area contributed by atoms with Crippen LogP contribution in [0, 0.1) is 0 Å². The van der Waals surface area contributed by atoms with Gasteiger partial charge in [0.05, 0.1) is 6.61 Å². The Hall–Kier alpha value is -1.83. The lowest BCUT2D eigenvalue weighted by Crippen LogP contribution is -2.01. The minimum atomic E-state index is -0.279. The van der Waals surface area contributed by atoms with E-state index in [1.165, 1.54) is 6.08 Å². The van der Waals surface area contributed by atoms with E-state index in [1.807, 2.05) is 43.3 Å². The van der Waals surface area contributed by atoms with Crippen LogP contribution in [0.4, 0.5) is 0 Å². The first-order valence-electron chi connectivity index (χ1n) is 6.34. The van der Waals surface area contributed by atoms with E-state index in [4.69, 9.17) is 4.74 Å². The largest absolute Gasteiger partial charge is 0.463 e. The first-order chi connectivity index (χ1) is 8.77. The van der Waals surface area contributed by atoms with Gasteiger partial charge in [-0.15, -0.1) is 0 Å². The normalized spacial score (nSPS) is 11.8. The molecule has 0 aromatic heterocycles. The molecule has 96 valence electrons. The summed E-state index contributed by atoms with van der Waals surface area (Å²) in [5.41, 5.74) is 2.11. The number of carbonyl (C=O) groups is 1. The molecule has 0 saturated heterocycles. The van der Waals surface area contributed by atoms with Gasteiger partial charge in [-0.25, -0.2) is 4.79 Å². The maximum absolute atomic E-state index is 11.4. The minimum absolute atomic E-state index is 0.279. The van der Waals surface area contributed by atoms with Crippen molar-refractivity contribution in [1.82, 2.24) is 0 Å². The van der Waals surface area contributed by atoms with E-state index >= 15 is 0 Å². The van der Waals surface area contributed by atoms with Gasteiger partial charge in [0.25, 0.3) is 0 Å². The van der Waals surface area contributed by atoms with Crippen molar-refractivity contribution < 1.29 is 9.53 Å². The van der Waals surface area contributed by atoms with Gasteiger partial charge in [-0.3, -0.25) is 0 Å². The van der Waals surface area contributed by atoms with Gasteiger partial charge in [0.15, 0.2) is 0 Å². The summed E-state index contributed by atoms with van der Waals surface area (Å²) in [7, 11) is 0. The molecule has 2 nitrogen and oxygen atoms in total. The lowest BCUT2D eigenvalue weighted by Gasteiger charge is -2.02. The van der Waals surface area contributed by atoms with Crippen molar-refractivity contribution in [2.24, 2.45) is 0 Å². The molecule has 0 radical (unpaired) electrons. The molecule has 2 heteroatoms. The Labute approximate surface area is 109 Å². The van der Waals surface area contributed by atoms with E-state index in [9.17, 15) is 4.79 Å². The Morgan fingerprint density at radius 3 is 2.56 bits per heavy atom. The molecule has 0 heterocycles. The molecular weight excluding hydrogens is 224 g/mol. The number of esters is 1. The molecule has 0 saturated carbocycles. The number of ether oxygens (including phenoxy) is 1. The van der Waals surface area contributed by atoms with Gasteiger partial charge in [0.1, 0.15) is 0 Å². The highest BCUT2D eigenvalue weighted by Gasteiger charge is 1.98. The van der Waals surface area contributed by atoms with Crippen LogP contribution in [0.25, 0.3) is 5.57 Å². The van der Waals surface area contributed by atoms with Crippen LogP contribution in [0.5, 0.6) is 0 Å². The second-order valence-corrected chi connectivity index (χ2v) is 3.96. The monoisotopic (exact) mass is 244 g/mol. The first kappa shape index (κ1) is 14.2. The van der Waals surface area contributed by atoms with Gasteiger partial charge in [0.2, 0.25) is 0 Å². The number of benzene rings is 1. The minimum Gasteiger partial charge on any atom is -0.463 e. The van der Waals surface area contributed by atoms with Crippen molar-refractivity contribution >= 4 is 11.5 Å². The molecule has 0 unspecified atom stereocenters. The number of allylic oxidation sites excluding steroid dienone is 3. The first-order valence-corrected chi connectivity index (χ1v) is 6.34. The fourth-order valence-corrected chi connectivity index (χ4v) is 1.51. The highest BCUT2D eigenvalue weighted by atomic mass is 16.5. The predicted molar refractivity (Wildman–Crippen MR) is 75.1 cm³/mol. The topological polar surface area (TPSA) is 26.3 Å². The van der Waals surface area contributed by atoms with E-state index in [0.29, 0.717) is 6.61 Å². The number of hydrogen-bond donors (Lipinski definition) is 0. The average Bonchev–Trinajstić information content (AvgIpc) is 2.41. The number of hydrogen-bond acceptors (Lipinski definition) is 2. The van der Waals surface area contributed by atoms with Crippen LogP contribution in [0.2, 0.25) is 0 Å². The molecule has 0 atom stereocenters. The van der Waals surface area contributed by atoms with Gasteiger partial charge in [-0.1, -0.05) is 49.8 Å². The molecule has 18 heavy (non-hydrogen) atoms. The van der Waals surface area contributed by atoms with Crippen LogP contribution >= 0.6 is 0 Å². The zero-order chi connectivity index (χ0) is 13.2. The van der Waals surface area contributed by atoms with Crippen molar-refractivity contribution in [3.05, 3.63) is 54.1 Å². The maximum atomic E-state index is 11.4. The van der Waals surface area contributed by atoms with E-state index in [1.54, 1.807) is 6.08 Å². The van der Waals surface area contributed by atoms with E-state index < -0.39 is 0 Å². The third-order valence-electron chi connectivity index (χ3n) is 2.56. The van der Waals surface area contributed by atoms with Crippen LogP contribution in [-0.2, 0) is 9.53 Å². The molecule has 1 aromatic carbocycles. The number of rotatable bonds is 6. The second kappa shape index (κ2) is 8.29. The molecule has 0 bridgehead atoms. The molecule has 0 aliphatic heterocycles. The van der Waals surface area contributed by atoms with Crippen molar-refractivity contribution in [3.8, 4) is 0 Å². The van der Waals surface area contributed by atoms with Crippen molar-refractivity contribution in [2.75, 3.05) is 6.61 Å². The van der Waals surface area contributed by atoms with Gasteiger partial charge in [0, 0.05) is 6.08 Å². The Balaban J connectivity index is 2.57. The van der Waals surface area contributed by atoms with E-state index in [2.05, 4.69) is 6.92 Å². The average molecular weight is 244 g/mol. The SMILES string of the molecule is C/C=C(/C=C/C(=O)OCCCC)c1ccccc1. The zero-order valence-corrected chi connectivity index (χ0v) is 11.1. The fraction of sp³-hybridized carbons (Fsp3) is 0.312. The summed E-state index contributed by atoms with van der Waals surface area (Å²) in [5, 5.41) is 0. The molecule has 0 N–H and O–H groups in total. The Morgan fingerprint density at radius 2 is 1.94 bits per heavy atom. The Bertz CT molecular complexity index is 416. The highest BCUT2D eigenvalue weighted by Crippen LogP contribution is 2.15. The molecule has 0 aliphatic carbocycles. The van der Waals surface area contributed by atoms with Gasteiger partial charge in [-0.05, 0) is 30.6 Å². The van der Waals surface area contributed by atoms with Gasteiger partial charge in [-0.2, -0.15) is 0 Å². The van der Waals surface area contributed by atoms with E-state index in [0.717, 1.165) is 24.0 Å². The second-order valence-electron chi connectivity index (χ2n) is 3.96. The molecular formula is C16H20O2. The fourth-order valence-electron chi connectivity index (χ4n) is 1.51. The van der Waals surface area contributed by atoms with Crippen LogP contribution in [-0.4, -0.2) is 12.6 Å². The molecule has 0 amide bonds. The molecule has 1 rings (SSSR count). The summed E-state index contributed by atoms with van der Waals surface area (Å²) in [6.07, 6.45) is 7.20. The van der Waals surface area contributed by atoms with Crippen LogP contribution in [0.15, 0.2) is 48.6 Å². The van der Waals surface area contributed by atoms with Crippen molar-refractivity contribution in [1.29, 1.82) is 0 Å². The Morgan fingerprint density at radius 1 is 1.22 bits per heavy atom. The molecule has 0 fully saturated rings. The molecule has 0 spiro atoms. The third-order valence-corrected chi connectivity index (χ3v) is 2.56. The molecule has 1 aromatic rings. The van der Waals surface area contributed by atoms with Crippen molar-refractivity contribution in [2.45, 2.75) is 26.7 Å². The van der Waals surface area contributed by atoms with Crippen LogP contribution in [0.3, 0.4) is 0 Å².